The van der Waals surface area contributed by atoms with E-state index in [0.717, 1.165) is 36.4 Å². The number of benzene rings is 1. The van der Waals surface area contributed by atoms with Gasteiger partial charge in [0.15, 0.2) is 14.1 Å². The molecule has 248 valence electrons. The van der Waals surface area contributed by atoms with Crippen molar-refractivity contribution in [2.75, 3.05) is 10.6 Å². The van der Waals surface area contributed by atoms with Crippen molar-refractivity contribution in [1.82, 2.24) is 24.3 Å². The van der Waals surface area contributed by atoms with Gasteiger partial charge in [0.25, 0.3) is 0 Å². The van der Waals surface area contributed by atoms with Crippen LogP contribution in [-0.4, -0.2) is 44.6 Å². The molecule has 2 N–H and O–H groups in total. The van der Waals surface area contributed by atoms with Crippen LogP contribution in [0.5, 0.6) is 11.5 Å². The van der Waals surface area contributed by atoms with Gasteiger partial charge >= 0.3 is 6.18 Å². The fraction of sp³-hybridized carbons (Fsp3) is 0.500. The van der Waals surface area contributed by atoms with Crippen LogP contribution >= 0.6 is 0 Å². The zero-order valence-electron chi connectivity index (χ0n) is 27.3. The smallest absolute Gasteiger partial charge is 0.433 e. The van der Waals surface area contributed by atoms with Crippen molar-refractivity contribution in [3.05, 3.63) is 48.3 Å². The number of nitrogens with one attached hydrogen (secondary N) is 2. The number of aromatic nitrogens is 5. The van der Waals surface area contributed by atoms with Crippen LogP contribution in [0.15, 0.2) is 42.6 Å². The van der Waals surface area contributed by atoms with E-state index < -0.39 is 20.2 Å². The van der Waals surface area contributed by atoms with Crippen molar-refractivity contribution >= 4 is 42.8 Å². The Labute approximate surface area is 267 Å². The Kier molecular flexibility index (Phi) is 9.24. The number of hydrogen-bond donors (Lipinski definition) is 2. The molecule has 0 radical (unpaired) electrons. The van der Waals surface area contributed by atoms with Gasteiger partial charge in [-0.15, -0.1) is 0 Å². The van der Waals surface area contributed by atoms with Gasteiger partial charge in [0, 0.05) is 51.0 Å². The van der Waals surface area contributed by atoms with Crippen molar-refractivity contribution in [3.8, 4) is 11.5 Å². The Morgan fingerprint density at radius 3 is 2.37 bits per heavy atom. The molecule has 0 bridgehead atoms. The lowest BCUT2D eigenvalue weighted by atomic mass is 9.87. The number of alkyl halides is 3. The quantitative estimate of drug-likeness (QED) is 0.175. The molecule has 1 aromatic carbocycles. The van der Waals surface area contributed by atoms with Crippen molar-refractivity contribution in [1.29, 1.82) is 0 Å². The number of nitrogens with zero attached hydrogens (tertiary/aromatic N) is 5. The van der Waals surface area contributed by atoms with E-state index in [2.05, 4.69) is 59.6 Å². The Morgan fingerprint density at radius 2 is 1.72 bits per heavy atom. The first kappa shape index (κ1) is 33.5. The van der Waals surface area contributed by atoms with Gasteiger partial charge in [-0.2, -0.15) is 18.3 Å². The number of fused-ring (bicyclic) bond motifs is 1. The van der Waals surface area contributed by atoms with Crippen LogP contribution < -0.4 is 15.4 Å². The molecule has 14 heteroatoms. The average molecular weight is 658 g/mol. The van der Waals surface area contributed by atoms with Gasteiger partial charge in [0.05, 0.1) is 11.0 Å². The number of anilines is 3. The molecule has 1 amide bonds. The maximum atomic E-state index is 14.1. The summed E-state index contributed by atoms with van der Waals surface area (Å²) < 4.78 is 57.7. The average Bonchev–Trinajstić information content (AvgIpc) is 3.49. The molecular weight excluding hydrogens is 615 g/mol. The minimum absolute atomic E-state index is 0.0689. The summed E-state index contributed by atoms with van der Waals surface area (Å²) in [5.74, 6) is 1.58. The molecule has 1 saturated carbocycles. The molecule has 3 aromatic heterocycles. The minimum atomic E-state index is -4.55. The summed E-state index contributed by atoms with van der Waals surface area (Å²) in [6.45, 7) is 12.7. The second-order valence-corrected chi connectivity index (χ2v) is 18.3. The number of imidazole rings is 1. The number of ether oxygens (including phenoxy) is 1. The third-order valence-corrected chi connectivity index (χ3v) is 13.5. The maximum absolute atomic E-state index is 14.1. The monoisotopic (exact) mass is 657 g/mol. The van der Waals surface area contributed by atoms with E-state index in [1.807, 2.05) is 0 Å². The molecule has 1 aliphatic carbocycles. The van der Waals surface area contributed by atoms with Gasteiger partial charge in [0.2, 0.25) is 11.9 Å². The van der Waals surface area contributed by atoms with Crippen LogP contribution in [0.3, 0.4) is 0 Å². The fourth-order valence-corrected chi connectivity index (χ4v) is 6.86. The first-order valence-corrected chi connectivity index (χ1v) is 18.4. The van der Waals surface area contributed by atoms with Crippen molar-refractivity contribution in [2.45, 2.75) is 90.3 Å². The number of amides is 1. The van der Waals surface area contributed by atoms with Gasteiger partial charge < -0.3 is 24.4 Å². The zero-order valence-corrected chi connectivity index (χ0v) is 28.3. The zero-order chi connectivity index (χ0) is 33.4. The second-order valence-electron chi connectivity index (χ2n) is 13.5. The molecule has 0 atom stereocenters. The molecule has 46 heavy (non-hydrogen) atoms. The summed E-state index contributed by atoms with van der Waals surface area (Å²) in [7, 11) is -0.147. The first-order chi connectivity index (χ1) is 21.5. The SMILES string of the molecule is CC(=O)Nc1cc(Oc2ccc3nc(Nc4cc(C(F)(F)F)n(CC5CCC(O[Si](C)(C)C(C)(C)C)CC5)n4)n(C)c3c2)ccn1. The number of carbonyl (C=O) groups is 1. The lowest BCUT2D eigenvalue weighted by Gasteiger charge is -2.41. The van der Waals surface area contributed by atoms with Crippen LogP contribution in [0.4, 0.5) is 30.8 Å². The predicted octanol–water partition coefficient (Wildman–Crippen LogP) is 8.26. The molecule has 0 spiro atoms. The number of halogens is 3. The lowest BCUT2D eigenvalue weighted by Crippen LogP contribution is -2.44. The van der Waals surface area contributed by atoms with E-state index in [1.165, 1.54) is 13.1 Å². The molecule has 0 unspecified atom stereocenters. The highest BCUT2D eigenvalue weighted by Gasteiger charge is 2.40. The third-order valence-electron chi connectivity index (χ3n) is 8.93. The number of aryl methyl sites for hydroxylation is 1. The van der Waals surface area contributed by atoms with Gasteiger partial charge in [0.1, 0.15) is 23.0 Å². The molecule has 1 aliphatic rings. The summed E-state index contributed by atoms with van der Waals surface area (Å²) >= 11 is 0. The Hall–Kier alpha value is -3.91. The van der Waals surface area contributed by atoms with Crippen LogP contribution in [0.2, 0.25) is 18.1 Å². The molecule has 1 fully saturated rings. The van der Waals surface area contributed by atoms with E-state index in [4.69, 9.17) is 9.16 Å². The second kappa shape index (κ2) is 12.7. The first-order valence-electron chi connectivity index (χ1n) is 15.5. The molecule has 10 nitrogen and oxygen atoms in total. The lowest BCUT2D eigenvalue weighted by molar-refractivity contribution is -0.144. The van der Waals surface area contributed by atoms with E-state index in [0.29, 0.717) is 34.3 Å². The Morgan fingerprint density at radius 1 is 1.02 bits per heavy atom. The van der Waals surface area contributed by atoms with Crippen molar-refractivity contribution < 1.29 is 27.1 Å². The van der Waals surface area contributed by atoms with Crippen LogP contribution in [-0.2, 0) is 29.0 Å². The van der Waals surface area contributed by atoms with Gasteiger partial charge in [-0.1, -0.05) is 20.8 Å². The van der Waals surface area contributed by atoms with E-state index in [9.17, 15) is 18.0 Å². The minimum Gasteiger partial charge on any atom is -0.457 e. The van der Waals surface area contributed by atoms with Gasteiger partial charge in [-0.05, 0) is 67.9 Å². The largest absolute Gasteiger partial charge is 0.457 e. The Bertz CT molecular complexity index is 1700. The normalized spacial score (nSPS) is 17.7. The van der Waals surface area contributed by atoms with Crippen LogP contribution in [0.1, 0.15) is 59.1 Å². The topological polar surface area (TPSA) is 108 Å². The summed E-state index contributed by atoms with van der Waals surface area (Å²) in [6.07, 6.45) is 0.395. The molecule has 5 rings (SSSR count). The summed E-state index contributed by atoms with van der Waals surface area (Å²) in [6, 6.07) is 9.57. The number of rotatable bonds is 9. The highest BCUT2D eigenvalue weighted by atomic mass is 28.4. The van der Waals surface area contributed by atoms with Crippen molar-refractivity contribution in [3.63, 3.8) is 0 Å². The van der Waals surface area contributed by atoms with E-state index in [1.54, 1.807) is 41.9 Å². The number of hydrogen-bond acceptors (Lipinski definition) is 7. The standard InChI is InChI=1S/C32H42F3N7O3Si/c1-20(43)37-28-17-24(14-15-36-28)44-23-12-13-25-26(16-23)41(5)30(38-25)39-29-18-27(32(33,34)35)42(40-29)19-21-8-10-22(11-9-21)45-46(6,7)31(2,3)4/h12-18,21-22H,8-11,19H2,1-7H3,(H,36,37,43)(H,38,39,40). The predicted molar refractivity (Wildman–Crippen MR) is 174 cm³/mol. The number of pyridine rings is 1. The molecule has 0 saturated heterocycles. The highest BCUT2D eigenvalue weighted by Crippen LogP contribution is 2.40. The van der Waals surface area contributed by atoms with Gasteiger partial charge in [-0.25, -0.2) is 9.97 Å². The van der Waals surface area contributed by atoms with E-state index in [-0.39, 0.29) is 35.3 Å². The maximum Gasteiger partial charge on any atom is 0.433 e. The highest BCUT2D eigenvalue weighted by molar-refractivity contribution is 6.74. The molecule has 4 aromatic rings. The summed E-state index contributed by atoms with van der Waals surface area (Å²) in [5.41, 5.74) is 0.529. The fourth-order valence-electron chi connectivity index (χ4n) is 5.43. The van der Waals surface area contributed by atoms with Gasteiger partial charge in [-0.3, -0.25) is 9.48 Å². The third kappa shape index (κ3) is 7.72. The molecular formula is C32H42F3N7O3Si. The molecule has 3 heterocycles. The summed E-state index contributed by atoms with van der Waals surface area (Å²) in [5, 5.41) is 10.0. The summed E-state index contributed by atoms with van der Waals surface area (Å²) in [4.78, 5) is 20.0. The van der Waals surface area contributed by atoms with Crippen molar-refractivity contribution in [2.24, 2.45) is 13.0 Å². The number of carbonyl (C=O) groups excluding carboxylic acids is 1. The van der Waals surface area contributed by atoms with Crippen LogP contribution in [0.25, 0.3) is 11.0 Å². The molecule has 0 aliphatic heterocycles. The Balaban J connectivity index is 1.29. The van der Waals surface area contributed by atoms with E-state index >= 15 is 0 Å². The van der Waals surface area contributed by atoms with Crippen LogP contribution in [0, 0.1) is 5.92 Å².